The fourth-order valence-corrected chi connectivity index (χ4v) is 11.1. The molecular weight excluding hydrogens is 854 g/mol. The zero-order valence-electron chi connectivity index (χ0n) is 33.3. The Kier molecular flexibility index (Phi) is 9.89. The smallest absolute Gasteiger partial charge is 0.343 e. The number of Topliss-reactive ketones (excluding diaryl/α,β-unsaturated/α-hetero) is 1. The van der Waals surface area contributed by atoms with Crippen molar-refractivity contribution >= 4 is 58.2 Å². The Morgan fingerprint density at radius 1 is 0.419 bits per heavy atom. The second-order valence-corrected chi connectivity index (χ2v) is 17.2. The van der Waals surface area contributed by atoms with Crippen LogP contribution in [0.5, 0.6) is 11.5 Å². The molecule has 0 saturated heterocycles. The van der Waals surface area contributed by atoms with E-state index in [9.17, 15) is 9.59 Å². The minimum Gasteiger partial charge on any atom is -0.494 e. The lowest BCUT2D eigenvalue weighted by Gasteiger charge is -2.34. The highest BCUT2D eigenvalue weighted by atomic mass is 35.5. The molecule has 0 radical (unpaired) electrons. The monoisotopic (exact) mass is 886 g/mol. The Balaban J connectivity index is 1.05. The van der Waals surface area contributed by atoms with Crippen LogP contribution in [-0.2, 0) is 10.8 Å². The van der Waals surface area contributed by atoms with Crippen LogP contribution in [0.25, 0.3) is 22.3 Å². The molecule has 0 aromatic heterocycles. The first-order valence-electron chi connectivity index (χ1n) is 19.9. The number of carbonyl (C=O) groups excluding carboxylic acids is 2. The maximum atomic E-state index is 14.1. The number of hydrogen-bond acceptors (Lipinski definition) is 4. The van der Waals surface area contributed by atoms with Gasteiger partial charge in [0.25, 0.3) is 0 Å². The van der Waals surface area contributed by atoms with Crippen LogP contribution in [0.4, 0.5) is 0 Å². The minimum atomic E-state index is -0.960. The molecule has 10 rings (SSSR count). The summed E-state index contributed by atoms with van der Waals surface area (Å²) in [5.41, 5.74) is 11.2. The van der Waals surface area contributed by atoms with E-state index in [1.54, 1.807) is 31.2 Å². The quantitative estimate of drug-likeness (QED) is 0.0866. The van der Waals surface area contributed by atoms with E-state index in [0.29, 0.717) is 26.9 Å². The third-order valence-electron chi connectivity index (χ3n) is 12.4. The van der Waals surface area contributed by atoms with Crippen molar-refractivity contribution in [2.75, 3.05) is 7.11 Å². The van der Waals surface area contributed by atoms with Gasteiger partial charge in [-0.3, -0.25) is 4.79 Å². The Labute approximate surface area is 379 Å². The number of rotatable bonds is 8. The highest BCUT2D eigenvalue weighted by Crippen LogP contribution is 2.59. The summed E-state index contributed by atoms with van der Waals surface area (Å²) < 4.78 is 11.6. The Bertz CT molecular complexity index is 3000. The Morgan fingerprint density at radius 2 is 0.742 bits per heavy atom. The highest BCUT2D eigenvalue weighted by molar-refractivity contribution is 6.38. The molecular formula is C54H34Cl4O4. The lowest BCUT2D eigenvalue weighted by Crippen LogP contribution is -2.29. The van der Waals surface area contributed by atoms with Crippen LogP contribution in [-0.4, -0.2) is 18.9 Å². The Hall–Kier alpha value is -6.14. The number of fused-ring (bicyclic) bond motifs is 6. The van der Waals surface area contributed by atoms with Gasteiger partial charge in [0, 0.05) is 5.56 Å². The molecule has 62 heavy (non-hydrogen) atoms. The molecule has 2 aliphatic rings. The predicted molar refractivity (Wildman–Crippen MR) is 249 cm³/mol. The molecule has 0 aliphatic heterocycles. The van der Waals surface area contributed by atoms with Crippen molar-refractivity contribution in [2.24, 2.45) is 0 Å². The van der Waals surface area contributed by atoms with Gasteiger partial charge in [-0.25, -0.2) is 4.79 Å². The van der Waals surface area contributed by atoms with Crippen molar-refractivity contribution in [2.45, 2.75) is 17.8 Å². The fourth-order valence-electron chi connectivity index (χ4n) is 9.86. The lowest BCUT2D eigenvalue weighted by atomic mass is 9.67. The molecule has 2 aliphatic carbocycles. The summed E-state index contributed by atoms with van der Waals surface area (Å²) in [6.07, 6.45) is 0. The average Bonchev–Trinajstić information content (AvgIpc) is 3.76. The van der Waals surface area contributed by atoms with Gasteiger partial charge in [-0.15, -0.1) is 0 Å². The summed E-state index contributed by atoms with van der Waals surface area (Å²) in [5, 5.41) is 0.999. The van der Waals surface area contributed by atoms with Gasteiger partial charge in [0.15, 0.2) is 17.3 Å². The molecule has 8 aromatic carbocycles. The largest absolute Gasteiger partial charge is 0.494 e. The van der Waals surface area contributed by atoms with E-state index >= 15 is 0 Å². The van der Waals surface area contributed by atoms with Gasteiger partial charge in [-0.2, -0.15) is 0 Å². The number of ketones is 1. The molecule has 4 nitrogen and oxygen atoms in total. The van der Waals surface area contributed by atoms with E-state index in [1.807, 2.05) is 97.1 Å². The molecule has 0 saturated carbocycles. The number of methoxy groups -OCH3 is 1. The van der Waals surface area contributed by atoms with E-state index in [0.717, 1.165) is 66.8 Å². The normalized spacial score (nSPS) is 13.7. The number of carbonyl (C=O) groups is 2. The molecule has 0 amide bonds. The third kappa shape index (κ3) is 5.89. The standard InChI is InChI=1S/C54H34Cl4O4/c1-31(59)32-19-23-34(24-20-32)53(42-15-7-3-11-38(42)39-12-4-8-16-43(39)53)35-25-21-33(22-26-35)52(60)62-51-48(57)29-37(30-49(51)58)54(36-27-46(55)50(61-2)47(56)28-36)44-17-9-5-13-40(44)41-14-6-10-18-45(41)54/h3-30H,1-2H3. The number of benzene rings is 8. The van der Waals surface area contributed by atoms with Crippen LogP contribution >= 0.6 is 46.4 Å². The zero-order chi connectivity index (χ0) is 42.9. The van der Waals surface area contributed by atoms with Gasteiger partial charge in [0.2, 0.25) is 0 Å². The first-order valence-corrected chi connectivity index (χ1v) is 21.5. The molecule has 0 heterocycles. The van der Waals surface area contributed by atoms with Crippen LogP contribution in [0.1, 0.15) is 72.1 Å². The maximum absolute atomic E-state index is 14.1. The van der Waals surface area contributed by atoms with Gasteiger partial charge >= 0.3 is 5.97 Å². The van der Waals surface area contributed by atoms with Crippen LogP contribution in [0, 0.1) is 0 Å². The van der Waals surface area contributed by atoms with Crippen molar-refractivity contribution in [3.8, 4) is 33.8 Å². The predicted octanol–water partition coefficient (Wildman–Crippen LogP) is 14.5. The van der Waals surface area contributed by atoms with E-state index in [4.69, 9.17) is 55.9 Å². The average molecular weight is 889 g/mol. The molecule has 0 spiro atoms. The van der Waals surface area contributed by atoms with Crippen LogP contribution in [0.2, 0.25) is 20.1 Å². The van der Waals surface area contributed by atoms with Crippen LogP contribution in [0.15, 0.2) is 170 Å². The van der Waals surface area contributed by atoms with E-state index in [1.165, 1.54) is 7.11 Å². The molecule has 0 atom stereocenters. The second kappa shape index (κ2) is 15.3. The summed E-state index contributed by atoms with van der Waals surface area (Å²) in [5.74, 6) is -0.224. The fraction of sp³-hybridized carbons (Fsp3) is 0.0741. The summed E-state index contributed by atoms with van der Waals surface area (Å²) in [4.78, 5) is 26.4. The molecule has 8 heteroatoms. The van der Waals surface area contributed by atoms with Crippen LogP contribution < -0.4 is 9.47 Å². The first kappa shape index (κ1) is 40.0. The number of esters is 1. The van der Waals surface area contributed by atoms with Crippen molar-refractivity contribution in [1.82, 2.24) is 0 Å². The van der Waals surface area contributed by atoms with E-state index in [2.05, 4.69) is 48.5 Å². The van der Waals surface area contributed by atoms with Gasteiger partial charge in [0.05, 0.1) is 43.6 Å². The van der Waals surface area contributed by atoms with Gasteiger partial charge in [-0.05, 0) is 110 Å². The molecule has 0 unspecified atom stereocenters. The summed E-state index contributed by atoms with van der Waals surface area (Å²) in [7, 11) is 1.53. The van der Waals surface area contributed by atoms with E-state index < -0.39 is 16.8 Å². The third-order valence-corrected chi connectivity index (χ3v) is 13.6. The van der Waals surface area contributed by atoms with Crippen LogP contribution in [0.3, 0.4) is 0 Å². The van der Waals surface area contributed by atoms with Crippen molar-refractivity contribution < 1.29 is 19.1 Å². The van der Waals surface area contributed by atoms with Crippen molar-refractivity contribution in [1.29, 1.82) is 0 Å². The number of halogens is 4. The first-order chi connectivity index (χ1) is 30.1. The minimum absolute atomic E-state index is 0.00342. The van der Waals surface area contributed by atoms with E-state index in [-0.39, 0.29) is 21.6 Å². The highest BCUT2D eigenvalue weighted by Gasteiger charge is 2.48. The molecule has 8 aromatic rings. The summed E-state index contributed by atoms with van der Waals surface area (Å²) >= 11 is 27.9. The second-order valence-electron chi connectivity index (χ2n) is 15.5. The Morgan fingerprint density at radius 3 is 1.10 bits per heavy atom. The molecule has 0 fully saturated rings. The SMILES string of the molecule is COc1c(Cl)cc(C2(c3cc(Cl)c(OC(=O)c4ccc(C5(c6ccc(C(C)=O)cc6)c6ccccc6-c6ccccc65)cc4)c(Cl)c3)c3ccccc3-c3ccccc32)cc1Cl. The van der Waals surface area contributed by atoms with Crippen molar-refractivity contribution in [3.63, 3.8) is 0 Å². The van der Waals surface area contributed by atoms with Gasteiger partial charge in [0.1, 0.15) is 0 Å². The summed E-state index contributed by atoms with van der Waals surface area (Å²) in [6, 6.07) is 55.6. The number of hydrogen-bond donors (Lipinski definition) is 0. The van der Waals surface area contributed by atoms with Gasteiger partial charge < -0.3 is 9.47 Å². The molecule has 0 N–H and O–H groups in total. The topological polar surface area (TPSA) is 52.6 Å². The van der Waals surface area contributed by atoms with Crippen molar-refractivity contribution in [3.05, 3.63) is 246 Å². The summed E-state index contributed by atoms with van der Waals surface area (Å²) in [6.45, 7) is 1.57. The molecule has 0 bridgehead atoms. The lowest BCUT2D eigenvalue weighted by molar-refractivity contribution is 0.0734. The maximum Gasteiger partial charge on any atom is 0.343 e. The zero-order valence-corrected chi connectivity index (χ0v) is 36.3. The van der Waals surface area contributed by atoms with Gasteiger partial charge in [-0.1, -0.05) is 180 Å². The molecule has 302 valence electrons. The number of ether oxygens (including phenoxy) is 2.